The number of hydrogen-bond acceptors (Lipinski definition) is 5. The molecular weight excluding hydrogens is 509 g/mol. The summed E-state index contributed by atoms with van der Waals surface area (Å²) in [4.78, 5) is 27.8. The Hall–Kier alpha value is -3.92. The van der Waals surface area contributed by atoms with E-state index in [9.17, 15) is 22.4 Å². The van der Waals surface area contributed by atoms with Gasteiger partial charge in [-0.2, -0.15) is 0 Å². The summed E-state index contributed by atoms with van der Waals surface area (Å²) in [7, 11) is -2.79. The van der Waals surface area contributed by atoms with Gasteiger partial charge >= 0.3 is 0 Å². The molecule has 0 saturated heterocycles. The molecule has 1 unspecified atom stereocenters. The third-order valence-corrected chi connectivity index (χ3v) is 7.78. The Balaban J connectivity index is 2.02. The summed E-state index contributed by atoms with van der Waals surface area (Å²) in [6.45, 7) is 5.16. The number of rotatable bonds is 11. The Morgan fingerprint density at radius 3 is 2.26 bits per heavy atom. The molecule has 3 rings (SSSR count). The zero-order chi connectivity index (χ0) is 27.9. The minimum absolute atomic E-state index is 0.0718. The maximum absolute atomic E-state index is 13.8. The second-order valence-electron chi connectivity index (χ2n) is 8.74. The summed E-state index contributed by atoms with van der Waals surface area (Å²) < 4.78 is 47.2. The Morgan fingerprint density at radius 2 is 1.68 bits per heavy atom. The Labute approximate surface area is 223 Å². The molecule has 0 saturated carbocycles. The lowest BCUT2D eigenvalue weighted by molar-refractivity contribution is -0.139. The lowest BCUT2D eigenvalue weighted by Crippen LogP contribution is -2.51. The van der Waals surface area contributed by atoms with Gasteiger partial charge in [-0.1, -0.05) is 29.8 Å². The van der Waals surface area contributed by atoms with Crippen LogP contribution in [0.5, 0.6) is 5.75 Å². The molecular formula is C28H32FN3O5S. The number of carbonyl (C=O) groups is 2. The van der Waals surface area contributed by atoms with Gasteiger partial charge in [0.05, 0.1) is 17.7 Å². The number of sulfonamides is 1. The molecule has 10 heteroatoms. The monoisotopic (exact) mass is 541 g/mol. The second-order valence-corrected chi connectivity index (χ2v) is 10.6. The van der Waals surface area contributed by atoms with E-state index >= 15 is 0 Å². The molecule has 1 atom stereocenters. The van der Waals surface area contributed by atoms with Crippen LogP contribution < -0.4 is 14.4 Å². The minimum atomic E-state index is -4.25. The first kappa shape index (κ1) is 28.6. The Kier molecular flexibility index (Phi) is 9.46. The highest BCUT2D eigenvalue weighted by molar-refractivity contribution is 7.92. The summed E-state index contributed by atoms with van der Waals surface area (Å²) in [6.07, 6.45) is 0. The second kappa shape index (κ2) is 12.6. The molecule has 202 valence electrons. The van der Waals surface area contributed by atoms with E-state index in [4.69, 9.17) is 4.74 Å². The van der Waals surface area contributed by atoms with Crippen molar-refractivity contribution in [3.05, 3.63) is 89.7 Å². The quantitative estimate of drug-likeness (QED) is 0.397. The number of likely N-dealkylation sites (N-methyl/N-ethyl adjacent to an activating group) is 1. The van der Waals surface area contributed by atoms with Gasteiger partial charge in [0.25, 0.3) is 10.0 Å². The van der Waals surface area contributed by atoms with Crippen LogP contribution in [-0.2, 0) is 26.2 Å². The largest absolute Gasteiger partial charge is 0.497 e. The first-order valence-corrected chi connectivity index (χ1v) is 13.6. The molecule has 1 N–H and O–H groups in total. The number of aryl methyl sites for hydroxylation is 1. The van der Waals surface area contributed by atoms with Crippen molar-refractivity contribution >= 4 is 27.5 Å². The van der Waals surface area contributed by atoms with E-state index in [2.05, 4.69) is 5.32 Å². The predicted octanol–water partition coefficient (Wildman–Crippen LogP) is 3.89. The van der Waals surface area contributed by atoms with E-state index in [1.165, 1.54) is 48.4 Å². The van der Waals surface area contributed by atoms with Crippen LogP contribution in [0.3, 0.4) is 0 Å². The van der Waals surface area contributed by atoms with Crippen LogP contribution in [0.15, 0.2) is 77.7 Å². The van der Waals surface area contributed by atoms with Gasteiger partial charge in [0.1, 0.15) is 24.2 Å². The van der Waals surface area contributed by atoms with Crippen LogP contribution in [-0.4, -0.2) is 51.4 Å². The van der Waals surface area contributed by atoms with Crippen molar-refractivity contribution in [3.8, 4) is 5.75 Å². The number of carbonyl (C=O) groups excluding carboxylic acids is 2. The summed E-state index contributed by atoms with van der Waals surface area (Å²) in [6, 6.07) is 17.2. The number of methoxy groups -OCH3 is 1. The van der Waals surface area contributed by atoms with Gasteiger partial charge in [0.15, 0.2) is 0 Å². The topological polar surface area (TPSA) is 96.0 Å². The summed E-state index contributed by atoms with van der Waals surface area (Å²) >= 11 is 0. The van der Waals surface area contributed by atoms with E-state index in [0.717, 1.165) is 27.6 Å². The first-order chi connectivity index (χ1) is 18.1. The molecule has 0 aromatic heterocycles. The summed E-state index contributed by atoms with van der Waals surface area (Å²) in [5.41, 5.74) is 1.88. The van der Waals surface area contributed by atoms with Crippen LogP contribution in [0.4, 0.5) is 10.1 Å². The predicted molar refractivity (Wildman–Crippen MR) is 144 cm³/mol. The third-order valence-electron chi connectivity index (χ3n) is 5.99. The fraction of sp³-hybridized carbons (Fsp3) is 0.286. The highest BCUT2D eigenvalue weighted by Gasteiger charge is 2.32. The van der Waals surface area contributed by atoms with Crippen molar-refractivity contribution < 1.29 is 27.1 Å². The smallest absolute Gasteiger partial charge is 0.264 e. The molecule has 3 aromatic carbocycles. The van der Waals surface area contributed by atoms with Gasteiger partial charge in [0, 0.05) is 13.1 Å². The standard InChI is InChI=1S/C28H32FN3O5S/c1-5-30-28(34)21(3)31(18-22-8-6-7-20(2)17-22)27(33)19-32(24-11-9-23(29)10-12-24)38(35,36)26-15-13-25(37-4)14-16-26/h6-17,21H,5,18-19H2,1-4H3,(H,30,34). The van der Waals surface area contributed by atoms with Gasteiger partial charge in [-0.25, -0.2) is 12.8 Å². The molecule has 38 heavy (non-hydrogen) atoms. The van der Waals surface area contributed by atoms with E-state index in [1.807, 2.05) is 31.2 Å². The number of anilines is 1. The maximum Gasteiger partial charge on any atom is 0.264 e. The van der Waals surface area contributed by atoms with Gasteiger partial charge in [0.2, 0.25) is 11.8 Å². The molecule has 0 aliphatic heterocycles. The van der Waals surface area contributed by atoms with Crippen LogP contribution in [0.25, 0.3) is 0 Å². The van der Waals surface area contributed by atoms with Crippen molar-refractivity contribution in [1.82, 2.24) is 10.2 Å². The van der Waals surface area contributed by atoms with Crippen molar-refractivity contribution in [3.63, 3.8) is 0 Å². The van der Waals surface area contributed by atoms with Crippen LogP contribution in [0.2, 0.25) is 0 Å². The number of hydrogen-bond donors (Lipinski definition) is 1. The number of benzene rings is 3. The molecule has 8 nitrogen and oxygen atoms in total. The summed E-state index contributed by atoms with van der Waals surface area (Å²) in [5.74, 6) is -1.03. The average Bonchev–Trinajstić information content (AvgIpc) is 2.90. The van der Waals surface area contributed by atoms with Gasteiger partial charge in [-0.15, -0.1) is 0 Å². The normalized spacial score (nSPS) is 11.9. The maximum atomic E-state index is 13.8. The molecule has 0 aliphatic rings. The van der Waals surface area contributed by atoms with Crippen molar-refractivity contribution in [2.75, 3.05) is 24.5 Å². The molecule has 0 fully saturated rings. The number of ether oxygens (including phenoxy) is 1. The molecule has 2 amide bonds. The fourth-order valence-electron chi connectivity index (χ4n) is 3.92. The lowest BCUT2D eigenvalue weighted by Gasteiger charge is -2.32. The molecule has 0 radical (unpaired) electrons. The van der Waals surface area contributed by atoms with Crippen molar-refractivity contribution in [2.24, 2.45) is 0 Å². The Morgan fingerprint density at radius 1 is 1.03 bits per heavy atom. The van der Waals surface area contributed by atoms with Crippen LogP contribution >= 0.6 is 0 Å². The lowest BCUT2D eigenvalue weighted by atomic mass is 10.1. The van der Waals surface area contributed by atoms with Crippen LogP contribution in [0.1, 0.15) is 25.0 Å². The van der Waals surface area contributed by atoms with Gasteiger partial charge < -0.3 is 15.0 Å². The van der Waals surface area contributed by atoms with Gasteiger partial charge in [-0.05, 0) is 74.9 Å². The average molecular weight is 542 g/mol. The zero-order valence-electron chi connectivity index (χ0n) is 21.8. The van der Waals surface area contributed by atoms with E-state index in [0.29, 0.717) is 12.3 Å². The number of halogens is 1. The van der Waals surface area contributed by atoms with Crippen molar-refractivity contribution in [2.45, 2.75) is 38.3 Å². The minimum Gasteiger partial charge on any atom is -0.497 e. The zero-order valence-corrected chi connectivity index (χ0v) is 22.7. The van der Waals surface area contributed by atoms with E-state index in [-0.39, 0.29) is 23.0 Å². The number of amides is 2. The highest BCUT2D eigenvalue weighted by atomic mass is 32.2. The third kappa shape index (κ3) is 6.89. The Bertz CT molecular complexity index is 1360. The summed E-state index contributed by atoms with van der Waals surface area (Å²) in [5, 5.41) is 2.72. The van der Waals surface area contributed by atoms with E-state index in [1.54, 1.807) is 13.8 Å². The molecule has 0 heterocycles. The van der Waals surface area contributed by atoms with E-state index < -0.39 is 34.3 Å². The molecule has 0 spiro atoms. The molecule has 0 bridgehead atoms. The van der Waals surface area contributed by atoms with Gasteiger partial charge in [-0.3, -0.25) is 13.9 Å². The molecule has 0 aliphatic carbocycles. The SMILES string of the molecule is CCNC(=O)C(C)N(Cc1cccc(C)c1)C(=O)CN(c1ccc(F)cc1)S(=O)(=O)c1ccc(OC)cc1. The van der Waals surface area contributed by atoms with Crippen LogP contribution in [0, 0.1) is 12.7 Å². The van der Waals surface area contributed by atoms with Crippen molar-refractivity contribution in [1.29, 1.82) is 0 Å². The highest BCUT2D eigenvalue weighted by Crippen LogP contribution is 2.26. The fourth-order valence-corrected chi connectivity index (χ4v) is 5.34. The molecule has 3 aromatic rings. The number of nitrogens with one attached hydrogen (secondary N) is 1. The first-order valence-electron chi connectivity index (χ1n) is 12.1. The number of nitrogens with zero attached hydrogens (tertiary/aromatic N) is 2.